The predicted octanol–water partition coefficient (Wildman–Crippen LogP) is 2.61. The first-order chi connectivity index (χ1) is 8.43. The number of carbonyl (C=O) groups is 1. The molecule has 1 N–H and O–H groups in total. The minimum atomic E-state index is 0.00694. The molecule has 0 aliphatic heterocycles. The van der Waals surface area contributed by atoms with Crippen LogP contribution in [0, 0.1) is 9.49 Å². The van der Waals surface area contributed by atoms with Gasteiger partial charge >= 0.3 is 0 Å². The van der Waals surface area contributed by atoms with Gasteiger partial charge in [-0.15, -0.1) is 0 Å². The van der Waals surface area contributed by atoms with Crippen LogP contribution in [0.5, 0.6) is 0 Å². The topological polar surface area (TPSA) is 32.3 Å². The standard InChI is InChI=1S/C14H21IN2O/c1-10(2)13(17(3)4)9-16-14(18)11-7-5-6-8-12(11)15/h5-8,10,13H,9H2,1-4H3,(H,16,18). The Kier molecular flexibility index (Phi) is 6.08. The largest absolute Gasteiger partial charge is 0.350 e. The fourth-order valence-electron chi connectivity index (χ4n) is 1.95. The molecule has 0 aliphatic rings. The van der Waals surface area contributed by atoms with Crippen LogP contribution >= 0.6 is 22.6 Å². The molecule has 0 saturated heterocycles. The molecule has 0 saturated carbocycles. The Labute approximate surface area is 123 Å². The second kappa shape index (κ2) is 7.09. The number of carbonyl (C=O) groups excluding carboxylic acids is 1. The number of amides is 1. The average molecular weight is 360 g/mol. The molecule has 1 aromatic carbocycles. The van der Waals surface area contributed by atoms with E-state index in [0.29, 0.717) is 18.5 Å². The molecule has 1 unspecified atom stereocenters. The fourth-order valence-corrected chi connectivity index (χ4v) is 2.58. The zero-order valence-electron chi connectivity index (χ0n) is 11.4. The summed E-state index contributed by atoms with van der Waals surface area (Å²) in [7, 11) is 4.09. The Bertz CT molecular complexity index is 397. The van der Waals surface area contributed by atoms with Crippen molar-refractivity contribution in [2.24, 2.45) is 5.92 Å². The highest BCUT2D eigenvalue weighted by atomic mass is 127. The molecule has 1 amide bonds. The molecular formula is C14H21IN2O. The molecule has 3 nitrogen and oxygen atoms in total. The Morgan fingerprint density at radius 2 is 1.94 bits per heavy atom. The monoisotopic (exact) mass is 360 g/mol. The molecule has 0 fully saturated rings. The van der Waals surface area contributed by atoms with Crippen LogP contribution in [0.25, 0.3) is 0 Å². The summed E-state index contributed by atoms with van der Waals surface area (Å²) in [5, 5.41) is 3.02. The van der Waals surface area contributed by atoms with E-state index in [1.807, 2.05) is 38.4 Å². The van der Waals surface area contributed by atoms with Crippen molar-refractivity contribution >= 4 is 28.5 Å². The van der Waals surface area contributed by atoms with E-state index in [9.17, 15) is 4.79 Å². The van der Waals surface area contributed by atoms with Gasteiger partial charge < -0.3 is 10.2 Å². The third-order valence-electron chi connectivity index (χ3n) is 3.02. The van der Waals surface area contributed by atoms with Gasteiger partial charge in [0.1, 0.15) is 0 Å². The summed E-state index contributed by atoms with van der Waals surface area (Å²) >= 11 is 2.19. The number of halogens is 1. The molecule has 0 aromatic heterocycles. The molecule has 0 heterocycles. The third-order valence-corrected chi connectivity index (χ3v) is 3.96. The Morgan fingerprint density at radius 1 is 1.33 bits per heavy atom. The van der Waals surface area contributed by atoms with Gasteiger partial charge in [0.15, 0.2) is 0 Å². The summed E-state index contributed by atoms with van der Waals surface area (Å²) in [5.41, 5.74) is 0.749. The lowest BCUT2D eigenvalue weighted by atomic mass is 10.0. The maximum Gasteiger partial charge on any atom is 0.252 e. The minimum Gasteiger partial charge on any atom is -0.350 e. The molecule has 0 spiro atoms. The first-order valence-corrected chi connectivity index (χ1v) is 7.20. The van der Waals surface area contributed by atoms with Gasteiger partial charge in [-0.25, -0.2) is 0 Å². The average Bonchev–Trinajstić information content (AvgIpc) is 2.28. The van der Waals surface area contributed by atoms with Crippen molar-refractivity contribution < 1.29 is 4.79 Å². The van der Waals surface area contributed by atoms with Crippen molar-refractivity contribution in [3.05, 3.63) is 33.4 Å². The lowest BCUT2D eigenvalue weighted by Crippen LogP contribution is -2.43. The van der Waals surface area contributed by atoms with E-state index < -0.39 is 0 Å². The molecule has 0 radical (unpaired) electrons. The molecule has 1 aromatic rings. The van der Waals surface area contributed by atoms with Gasteiger partial charge in [0.2, 0.25) is 0 Å². The SMILES string of the molecule is CC(C)C(CNC(=O)c1ccccc1I)N(C)C. The lowest BCUT2D eigenvalue weighted by molar-refractivity contribution is 0.0934. The summed E-state index contributed by atoms with van der Waals surface area (Å²) in [6.07, 6.45) is 0. The molecule has 1 rings (SSSR count). The highest BCUT2D eigenvalue weighted by Crippen LogP contribution is 2.12. The van der Waals surface area contributed by atoms with Crippen molar-refractivity contribution in [1.29, 1.82) is 0 Å². The third kappa shape index (κ3) is 4.24. The smallest absolute Gasteiger partial charge is 0.252 e. The number of nitrogens with one attached hydrogen (secondary N) is 1. The first kappa shape index (κ1) is 15.4. The summed E-state index contributed by atoms with van der Waals surface area (Å²) in [6, 6.07) is 7.99. The maximum absolute atomic E-state index is 12.1. The van der Waals surface area contributed by atoms with Crippen LogP contribution in [-0.2, 0) is 0 Å². The second-order valence-electron chi connectivity index (χ2n) is 4.96. The summed E-state index contributed by atoms with van der Waals surface area (Å²) < 4.78 is 0.985. The van der Waals surface area contributed by atoms with E-state index in [1.54, 1.807) is 0 Å². The number of benzene rings is 1. The first-order valence-electron chi connectivity index (χ1n) is 6.12. The fraction of sp³-hybridized carbons (Fsp3) is 0.500. The van der Waals surface area contributed by atoms with E-state index >= 15 is 0 Å². The van der Waals surface area contributed by atoms with E-state index in [0.717, 1.165) is 9.13 Å². The second-order valence-corrected chi connectivity index (χ2v) is 6.13. The van der Waals surface area contributed by atoms with Gasteiger partial charge in [-0.1, -0.05) is 26.0 Å². The zero-order valence-corrected chi connectivity index (χ0v) is 13.6. The number of nitrogens with zero attached hydrogens (tertiary/aromatic N) is 1. The predicted molar refractivity (Wildman–Crippen MR) is 83.8 cm³/mol. The highest BCUT2D eigenvalue weighted by Gasteiger charge is 2.17. The Hall–Kier alpha value is -0.620. The van der Waals surface area contributed by atoms with Crippen LogP contribution < -0.4 is 5.32 Å². The van der Waals surface area contributed by atoms with Crippen LogP contribution in [0.1, 0.15) is 24.2 Å². The highest BCUT2D eigenvalue weighted by molar-refractivity contribution is 14.1. The van der Waals surface area contributed by atoms with E-state index in [1.165, 1.54) is 0 Å². The molecule has 100 valence electrons. The minimum absolute atomic E-state index is 0.00694. The number of rotatable bonds is 5. The lowest BCUT2D eigenvalue weighted by Gasteiger charge is -2.28. The summed E-state index contributed by atoms with van der Waals surface area (Å²) in [5.74, 6) is 0.516. The molecule has 0 aliphatic carbocycles. The van der Waals surface area contributed by atoms with Crippen LogP contribution in [0.4, 0.5) is 0 Å². The molecule has 0 bridgehead atoms. The normalized spacial score (nSPS) is 12.8. The number of likely N-dealkylation sites (N-methyl/N-ethyl adjacent to an activating group) is 1. The number of hydrogen-bond acceptors (Lipinski definition) is 2. The summed E-state index contributed by atoms with van der Waals surface area (Å²) in [6.45, 7) is 5.01. The van der Waals surface area contributed by atoms with Gasteiger partial charge in [-0.2, -0.15) is 0 Å². The van der Waals surface area contributed by atoms with Crippen LogP contribution in [0.3, 0.4) is 0 Å². The molecule has 4 heteroatoms. The van der Waals surface area contributed by atoms with Crippen LogP contribution in [0.15, 0.2) is 24.3 Å². The Balaban J connectivity index is 2.64. The molecule has 1 atom stereocenters. The van der Waals surface area contributed by atoms with E-state index in [2.05, 4.69) is 46.7 Å². The molecular weight excluding hydrogens is 339 g/mol. The van der Waals surface area contributed by atoms with Crippen LogP contribution in [0.2, 0.25) is 0 Å². The van der Waals surface area contributed by atoms with Gasteiger partial charge in [0.25, 0.3) is 5.91 Å². The van der Waals surface area contributed by atoms with Gasteiger partial charge in [0, 0.05) is 16.2 Å². The van der Waals surface area contributed by atoms with Crippen molar-refractivity contribution in [2.45, 2.75) is 19.9 Å². The van der Waals surface area contributed by atoms with Crippen molar-refractivity contribution in [3.8, 4) is 0 Å². The van der Waals surface area contributed by atoms with Gasteiger partial charge in [0.05, 0.1) is 5.56 Å². The quantitative estimate of drug-likeness (QED) is 0.819. The van der Waals surface area contributed by atoms with Crippen molar-refractivity contribution in [1.82, 2.24) is 10.2 Å². The van der Waals surface area contributed by atoms with Gasteiger partial charge in [-0.05, 0) is 54.7 Å². The summed E-state index contributed by atoms with van der Waals surface area (Å²) in [4.78, 5) is 14.2. The zero-order chi connectivity index (χ0) is 13.7. The van der Waals surface area contributed by atoms with Crippen molar-refractivity contribution in [3.63, 3.8) is 0 Å². The Morgan fingerprint density at radius 3 is 2.44 bits per heavy atom. The maximum atomic E-state index is 12.1. The van der Waals surface area contributed by atoms with E-state index in [-0.39, 0.29) is 5.91 Å². The van der Waals surface area contributed by atoms with E-state index in [4.69, 9.17) is 0 Å². The van der Waals surface area contributed by atoms with Crippen molar-refractivity contribution in [2.75, 3.05) is 20.6 Å². The van der Waals surface area contributed by atoms with Crippen LogP contribution in [-0.4, -0.2) is 37.5 Å². The number of hydrogen-bond donors (Lipinski definition) is 1. The van der Waals surface area contributed by atoms with Gasteiger partial charge in [-0.3, -0.25) is 4.79 Å². The molecule has 18 heavy (non-hydrogen) atoms.